The van der Waals surface area contributed by atoms with Gasteiger partial charge < -0.3 is 14.4 Å². The third-order valence-corrected chi connectivity index (χ3v) is 9.26. The number of nitrogens with zero attached hydrogens (tertiary/aromatic N) is 3. The predicted molar refractivity (Wildman–Crippen MR) is 187 cm³/mol. The third kappa shape index (κ3) is 19.9. The zero-order chi connectivity index (χ0) is 32.2. The van der Waals surface area contributed by atoms with Crippen molar-refractivity contribution in [2.75, 3.05) is 44.3 Å². The number of pyridine rings is 1. The van der Waals surface area contributed by atoms with Crippen LogP contribution < -0.4 is 4.90 Å². The van der Waals surface area contributed by atoms with E-state index in [1.54, 1.807) is 0 Å². The topological polar surface area (TPSA) is 72.0 Å². The molecule has 7 nitrogen and oxygen atoms in total. The van der Waals surface area contributed by atoms with Crippen molar-refractivity contribution in [1.82, 2.24) is 9.88 Å². The Balaban J connectivity index is 1.66. The van der Waals surface area contributed by atoms with E-state index < -0.39 is 0 Å². The summed E-state index contributed by atoms with van der Waals surface area (Å²) in [4.78, 5) is 33.8. The molecule has 0 unspecified atom stereocenters. The van der Waals surface area contributed by atoms with Crippen molar-refractivity contribution in [1.29, 1.82) is 0 Å². The van der Waals surface area contributed by atoms with Gasteiger partial charge in [0, 0.05) is 63.1 Å². The number of rotatable bonds is 28. The van der Waals surface area contributed by atoms with Crippen LogP contribution in [0.1, 0.15) is 155 Å². The molecule has 7 heteroatoms. The van der Waals surface area contributed by atoms with Crippen LogP contribution in [-0.2, 0) is 19.1 Å². The first kappa shape index (κ1) is 39.0. The van der Waals surface area contributed by atoms with E-state index in [-0.39, 0.29) is 11.9 Å². The highest BCUT2D eigenvalue weighted by Gasteiger charge is 2.25. The second-order valence-electron chi connectivity index (χ2n) is 13.1. The highest BCUT2D eigenvalue weighted by Crippen LogP contribution is 2.22. The van der Waals surface area contributed by atoms with Gasteiger partial charge in [0.2, 0.25) is 0 Å². The Bertz CT molecular complexity index is 805. The van der Waals surface area contributed by atoms with E-state index >= 15 is 0 Å². The Labute approximate surface area is 276 Å². The SMILES string of the molecule is CCCCCCCCCCCC(=O)OCCN(CCOC(=O)CCCCCCCCCCC)C1CCN(c2ccncc2)CC1. The number of carbonyl (C=O) groups is 2. The number of hydrogen-bond acceptors (Lipinski definition) is 7. The van der Waals surface area contributed by atoms with E-state index in [0.29, 0.717) is 45.2 Å². The van der Waals surface area contributed by atoms with Crippen molar-refractivity contribution in [3.05, 3.63) is 24.5 Å². The number of anilines is 1. The highest BCUT2D eigenvalue weighted by atomic mass is 16.5. The standard InChI is InChI=1S/C38H67N3O4/c1-3-5-7-9-11-13-15-17-19-21-37(42)44-33-31-41(36-25-29-40(30-26-36)35-23-27-39-28-24-35)32-34-45-38(43)22-20-18-16-14-12-10-8-6-4-2/h23-24,27-28,36H,3-22,25-26,29-34H2,1-2H3. The van der Waals surface area contributed by atoms with Crippen molar-refractivity contribution < 1.29 is 19.1 Å². The van der Waals surface area contributed by atoms with Crippen LogP contribution in [0, 0.1) is 0 Å². The number of carbonyl (C=O) groups excluding carboxylic acids is 2. The third-order valence-electron chi connectivity index (χ3n) is 9.26. The summed E-state index contributed by atoms with van der Waals surface area (Å²) < 4.78 is 11.3. The first-order valence-electron chi connectivity index (χ1n) is 18.8. The summed E-state index contributed by atoms with van der Waals surface area (Å²) in [6.07, 6.45) is 29.1. The molecule has 1 aliphatic heterocycles. The number of hydrogen-bond donors (Lipinski definition) is 0. The van der Waals surface area contributed by atoms with E-state index in [1.165, 1.54) is 95.6 Å². The van der Waals surface area contributed by atoms with Gasteiger partial charge in [0.05, 0.1) is 0 Å². The smallest absolute Gasteiger partial charge is 0.305 e. The average Bonchev–Trinajstić information content (AvgIpc) is 3.06. The van der Waals surface area contributed by atoms with Gasteiger partial charge >= 0.3 is 11.9 Å². The van der Waals surface area contributed by atoms with Crippen LogP contribution in [0.3, 0.4) is 0 Å². The minimum absolute atomic E-state index is 0.0854. The van der Waals surface area contributed by atoms with Crippen LogP contribution in [0.5, 0.6) is 0 Å². The van der Waals surface area contributed by atoms with Crippen molar-refractivity contribution >= 4 is 17.6 Å². The molecule has 2 heterocycles. The van der Waals surface area contributed by atoms with Gasteiger partial charge in [0.1, 0.15) is 13.2 Å². The number of unbranched alkanes of at least 4 members (excludes halogenated alkanes) is 16. The van der Waals surface area contributed by atoms with Crippen LogP contribution in [-0.4, -0.2) is 67.3 Å². The van der Waals surface area contributed by atoms with E-state index in [9.17, 15) is 9.59 Å². The second kappa shape index (κ2) is 27.0. The van der Waals surface area contributed by atoms with Crippen LogP contribution in [0.15, 0.2) is 24.5 Å². The number of piperidine rings is 1. The Kier molecular flexibility index (Phi) is 23.4. The van der Waals surface area contributed by atoms with Crippen molar-refractivity contribution in [3.63, 3.8) is 0 Å². The molecule has 45 heavy (non-hydrogen) atoms. The lowest BCUT2D eigenvalue weighted by molar-refractivity contribution is -0.145. The molecule has 1 aliphatic rings. The average molecular weight is 630 g/mol. The highest BCUT2D eigenvalue weighted by molar-refractivity contribution is 5.69. The molecule has 1 aromatic heterocycles. The Hall–Kier alpha value is -2.15. The summed E-state index contributed by atoms with van der Waals surface area (Å²) in [5.41, 5.74) is 1.21. The fourth-order valence-electron chi connectivity index (χ4n) is 6.38. The number of esters is 2. The molecule has 0 spiro atoms. The molecular formula is C38H67N3O4. The molecule has 2 rings (SSSR count). The Morgan fingerprint density at radius 3 is 1.49 bits per heavy atom. The molecule has 1 saturated heterocycles. The van der Waals surface area contributed by atoms with E-state index in [1.807, 2.05) is 12.4 Å². The van der Waals surface area contributed by atoms with Gasteiger partial charge in [-0.05, 0) is 37.8 Å². The van der Waals surface area contributed by atoms with Gasteiger partial charge in [-0.25, -0.2) is 0 Å². The molecule has 0 amide bonds. The maximum absolute atomic E-state index is 12.4. The molecular weight excluding hydrogens is 562 g/mol. The summed E-state index contributed by atoms with van der Waals surface area (Å²) in [6, 6.07) is 4.52. The minimum atomic E-state index is -0.0854. The Morgan fingerprint density at radius 2 is 1.07 bits per heavy atom. The predicted octanol–water partition coefficient (Wildman–Crippen LogP) is 9.28. The van der Waals surface area contributed by atoms with Gasteiger partial charge in [0.15, 0.2) is 0 Å². The lowest BCUT2D eigenvalue weighted by Gasteiger charge is -2.39. The van der Waals surface area contributed by atoms with Crippen molar-refractivity contribution in [2.24, 2.45) is 0 Å². The zero-order valence-corrected chi connectivity index (χ0v) is 29.2. The maximum atomic E-state index is 12.4. The molecule has 0 saturated carbocycles. The maximum Gasteiger partial charge on any atom is 0.305 e. The molecule has 1 fully saturated rings. The van der Waals surface area contributed by atoms with E-state index in [4.69, 9.17) is 9.47 Å². The summed E-state index contributed by atoms with van der Waals surface area (Å²) in [5.74, 6) is -0.171. The molecule has 1 aromatic rings. The normalized spacial score (nSPS) is 13.8. The zero-order valence-electron chi connectivity index (χ0n) is 29.2. The quantitative estimate of drug-likeness (QED) is 0.0676. The van der Waals surface area contributed by atoms with Crippen molar-refractivity contribution in [2.45, 2.75) is 161 Å². The van der Waals surface area contributed by atoms with Crippen LogP contribution >= 0.6 is 0 Å². The van der Waals surface area contributed by atoms with Crippen LogP contribution in [0.4, 0.5) is 5.69 Å². The van der Waals surface area contributed by atoms with Gasteiger partial charge in [-0.2, -0.15) is 0 Å². The Morgan fingerprint density at radius 1 is 0.667 bits per heavy atom. The first-order valence-corrected chi connectivity index (χ1v) is 18.8. The molecule has 0 radical (unpaired) electrons. The fourth-order valence-corrected chi connectivity index (χ4v) is 6.38. The van der Waals surface area contributed by atoms with E-state index in [0.717, 1.165) is 51.6 Å². The molecule has 0 N–H and O–H groups in total. The summed E-state index contributed by atoms with van der Waals surface area (Å²) >= 11 is 0. The van der Waals surface area contributed by atoms with Gasteiger partial charge in [-0.15, -0.1) is 0 Å². The lowest BCUT2D eigenvalue weighted by atomic mass is 10.0. The number of ether oxygens (including phenoxy) is 2. The van der Waals surface area contributed by atoms with Gasteiger partial charge in [-0.3, -0.25) is 19.5 Å². The molecule has 0 aromatic carbocycles. The van der Waals surface area contributed by atoms with Crippen LogP contribution in [0.25, 0.3) is 0 Å². The molecule has 0 bridgehead atoms. The molecule has 0 aliphatic carbocycles. The summed E-state index contributed by atoms with van der Waals surface area (Å²) in [6.45, 7) is 8.60. The molecule has 258 valence electrons. The lowest BCUT2D eigenvalue weighted by Crippen LogP contribution is -2.47. The fraction of sp³-hybridized carbons (Fsp3) is 0.816. The van der Waals surface area contributed by atoms with E-state index in [2.05, 4.69) is 40.8 Å². The minimum Gasteiger partial charge on any atom is -0.464 e. The largest absolute Gasteiger partial charge is 0.464 e. The summed E-state index contributed by atoms with van der Waals surface area (Å²) in [7, 11) is 0. The first-order chi connectivity index (χ1) is 22.1. The monoisotopic (exact) mass is 630 g/mol. The van der Waals surface area contributed by atoms with Gasteiger partial charge in [-0.1, -0.05) is 117 Å². The van der Waals surface area contributed by atoms with Crippen molar-refractivity contribution in [3.8, 4) is 0 Å². The van der Waals surface area contributed by atoms with Gasteiger partial charge in [0.25, 0.3) is 0 Å². The molecule has 0 atom stereocenters. The van der Waals surface area contributed by atoms with Crippen LogP contribution in [0.2, 0.25) is 0 Å². The summed E-state index contributed by atoms with van der Waals surface area (Å²) in [5, 5.41) is 0. The second-order valence-corrected chi connectivity index (χ2v) is 13.1. The number of aromatic nitrogens is 1.